The molecule has 0 aliphatic rings. The van der Waals surface area contributed by atoms with Gasteiger partial charge >= 0.3 is 6.18 Å². The molecule has 1 N–H and O–H groups in total. The summed E-state index contributed by atoms with van der Waals surface area (Å²) in [7, 11) is -4.46. The number of nitrogens with one attached hydrogen (secondary N) is 1. The maximum absolute atomic E-state index is 12.9. The minimum absolute atomic E-state index is 0.127. The molecular formula is C15H11F3N2O3S2. The van der Waals surface area contributed by atoms with E-state index in [0.29, 0.717) is 12.5 Å². The number of alkyl halides is 3. The highest BCUT2D eigenvalue weighted by Crippen LogP contribution is 2.33. The van der Waals surface area contributed by atoms with E-state index < -0.39 is 38.1 Å². The van der Waals surface area contributed by atoms with Crippen molar-refractivity contribution in [2.45, 2.75) is 23.9 Å². The number of carbonyl (C=O) groups excluding carboxylic acids is 1. The summed E-state index contributed by atoms with van der Waals surface area (Å²) in [5, 5.41) is 12.3. The van der Waals surface area contributed by atoms with Gasteiger partial charge in [-0.3, -0.25) is 4.79 Å². The number of aryl methyl sites for hydroxylation is 1. The van der Waals surface area contributed by atoms with E-state index in [1.807, 2.05) is 0 Å². The van der Waals surface area contributed by atoms with Crippen molar-refractivity contribution < 1.29 is 26.4 Å². The van der Waals surface area contributed by atoms with Gasteiger partial charge in [-0.15, -0.1) is 0 Å². The maximum Gasteiger partial charge on any atom is 0.417 e. The van der Waals surface area contributed by atoms with Crippen molar-refractivity contribution in [2.75, 3.05) is 0 Å². The number of amides is 1. The zero-order valence-electron chi connectivity index (χ0n) is 12.5. The topological polar surface area (TPSA) is 87.0 Å². The van der Waals surface area contributed by atoms with Crippen LogP contribution in [0.25, 0.3) is 0 Å². The predicted molar refractivity (Wildman–Crippen MR) is 84.1 cm³/mol. The Bertz CT molecular complexity index is 914. The minimum Gasteiger partial charge on any atom is -0.274 e. The molecule has 0 fully saturated rings. The monoisotopic (exact) mass is 388 g/mol. The molecule has 2 aromatic rings. The number of nitrogens with zero attached hydrogens (tertiary/aromatic N) is 1. The number of nitriles is 1. The number of sulfonamides is 1. The van der Waals surface area contributed by atoms with Gasteiger partial charge < -0.3 is 0 Å². The highest BCUT2D eigenvalue weighted by Gasteiger charge is 2.35. The Labute approximate surface area is 145 Å². The third kappa shape index (κ3) is 4.80. The molecule has 0 aliphatic carbocycles. The summed E-state index contributed by atoms with van der Waals surface area (Å²) in [5.41, 5.74) is -1.21. The first-order chi connectivity index (χ1) is 11.6. The maximum atomic E-state index is 12.9. The lowest BCUT2D eigenvalue weighted by Crippen LogP contribution is -2.31. The van der Waals surface area contributed by atoms with Crippen LogP contribution in [0.2, 0.25) is 0 Å². The second kappa shape index (κ2) is 7.25. The highest BCUT2D eigenvalue weighted by atomic mass is 32.2. The molecule has 0 atom stereocenters. The molecule has 0 radical (unpaired) electrons. The first-order valence-electron chi connectivity index (χ1n) is 6.81. The van der Waals surface area contributed by atoms with Crippen molar-refractivity contribution in [3.63, 3.8) is 0 Å². The molecule has 1 heterocycles. The fourth-order valence-electron chi connectivity index (χ4n) is 1.98. The van der Waals surface area contributed by atoms with Crippen LogP contribution in [0.4, 0.5) is 13.2 Å². The molecule has 132 valence electrons. The minimum atomic E-state index is -4.89. The van der Waals surface area contributed by atoms with Crippen LogP contribution in [0.3, 0.4) is 0 Å². The molecule has 1 aromatic heterocycles. The zero-order valence-corrected chi connectivity index (χ0v) is 14.1. The van der Waals surface area contributed by atoms with Crippen LogP contribution >= 0.6 is 11.3 Å². The summed E-state index contributed by atoms with van der Waals surface area (Å²) >= 11 is 1.43. The number of benzene rings is 1. The lowest BCUT2D eigenvalue weighted by molar-refractivity contribution is -0.137. The number of hydrogen-bond acceptors (Lipinski definition) is 5. The summed E-state index contributed by atoms with van der Waals surface area (Å²) in [5.74, 6) is -0.830. The fourth-order valence-corrected chi connectivity index (χ4v) is 3.72. The average Bonchev–Trinajstić information content (AvgIpc) is 3.04. The molecule has 0 bridgehead atoms. The lowest BCUT2D eigenvalue weighted by atomic mass is 10.1. The fraction of sp³-hybridized carbons (Fsp3) is 0.200. The van der Waals surface area contributed by atoms with E-state index >= 15 is 0 Å². The molecule has 0 unspecified atom stereocenters. The Balaban J connectivity index is 2.19. The first-order valence-corrected chi connectivity index (χ1v) is 9.24. The van der Waals surface area contributed by atoms with Gasteiger partial charge in [0.1, 0.15) is 0 Å². The van der Waals surface area contributed by atoms with E-state index in [4.69, 9.17) is 5.26 Å². The number of thiophene rings is 1. The van der Waals surface area contributed by atoms with Crippen molar-refractivity contribution in [3.05, 3.63) is 51.7 Å². The summed E-state index contributed by atoms with van der Waals surface area (Å²) in [6, 6.07) is 5.08. The highest BCUT2D eigenvalue weighted by molar-refractivity contribution is 7.90. The largest absolute Gasteiger partial charge is 0.417 e. The van der Waals surface area contributed by atoms with Gasteiger partial charge in [-0.25, -0.2) is 13.1 Å². The Morgan fingerprint density at radius 2 is 2.00 bits per heavy atom. The van der Waals surface area contributed by atoms with Gasteiger partial charge in [0.05, 0.1) is 22.1 Å². The second-order valence-corrected chi connectivity index (χ2v) is 7.44. The third-order valence-corrected chi connectivity index (χ3v) is 5.30. The number of rotatable bonds is 5. The van der Waals surface area contributed by atoms with Crippen LogP contribution in [-0.4, -0.2) is 14.3 Å². The quantitative estimate of drug-likeness (QED) is 0.853. The van der Waals surface area contributed by atoms with Gasteiger partial charge in [0.15, 0.2) is 0 Å². The molecule has 10 heteroatoms. The van der Waals surface area contributed by atoms with E-state index in [2.05, 4.69) is 0 Å². The van der Waals surface area contributed by atoms with Crippen molar-refractivity contribution in [2.24, 2.45) is 0 Å². The van der Waals surface area contributed by atoms with Crippen LogP contribution < -0.4 is 4.72 Å². The second-order valence-electron chi connectivity index (χ2n) is 4.98. The van der Waals surface area contributed by atoms with Gasteiger partial charge in [-0.05, 0) is 47.0 Å². The smallest absolute Gasteiger partial charge is 0.274 e. The number of hydrogen-bond donors (Lipinski definition) is 1. The average molecular weight is 388 g/mol. The van der Waals surface area contributed by atoms with Crippen molar-refractivity contribution in [1.82, 2.24) is 4.72 Å². The van der Waals surface area contributed by atoms with E-state index in [-0.39, 0.29) is 6.42 Å². The van der Waals surface area contributed by atoms with Crippen LogP contribution in [-0.2, 0) is 27.4 Å². The van der Waals surface area contributed by atoms with Gasteiger partial charge in [0.25, 0.3) is 10.0 Å². The Morgan fingerprint density at radius 1 is 1.28 bits per heavy atom. The molecule has 5 nitrogen and oxygen atoms in total. The molecule has 1 aromatic carbocycles. The molecule has 25 heavy (non-hydrogen) atoms. The van der Waals surface area contributed by atoms with E-state index in [1.165, 1.54) is 17.4 Å². The summed E-state index contributed by atoms with van der Waals surface area (Å²) in [6.45, 7) is 0. The summed E-state index contributed by atoms with van der Waals surface area (Å²) in [4.78, 5) is 11.0. The normalized spacial score (nSPS) is 11.8. The Kier molecular flexibility index (Phi) is 5.49. The summed E-state index contributed by atoms with van der Waals surface area (Å²) < 4.78 is 64.7. The first kappa shape index (κ1) is 19.0. The molecule has 0 saturated carbocycles. The van der Waals surface area contributed by atoms with Gasteiger partial charge in [0.2, 0.25) is 5.91 Å². The van der Waals surface area contributed by atoms with Crippen molar-refractivity contribution in [1.29, 1.82) is 5.26 Å². The van der Waals surface area contributed by atoms with E-state index in [1.54, 1.807) is 21.5 Å². The van der Waals surface area contributed by atoms with Crippen LogP contribution in [0, 0.1) is 11.3 Å². The van der Waals surface area contributed by atoms with Gasteiger partial charge in [0, 0.05) is 6.42 Å². The number of halogens is 3. The van der Waals surface area contributed by atoms with Gasteiger partial charge in [-0.2, -0.15) is 29.8 Å². The summed E-state index contributed by atoms with van der Waals surface area (Å²) in [6.07, 6.45) is -4.70. The van der Waals surface area contributed by atoms with E-state index in [0.717, 1.165) is 17.7 Å². The Morgan fingerprint density at radius 3 is 2.56 bits per heavy atom. The Hall–Kier alpha value is -2.38. The SMILES string of the molecule is N#Cc1ccc(S(=O)(=O)NC(=O)CCc2ccsc2)cc1C(F)(F)F. The van der Waals surface area contributed by atoms with Crippen molar-refractivity contribution in [3.8, 4) is 6.07 Å². The van der Waals surface area contributed by atoms with E-state index in [9.17, 15) is 26.4 Å². The molecule has 0 aliphatic heterocycles. The van der Waals surface area contributed by atoms with Crippen LogP contribution in [0.1, 0.15) is 23.1 Å². The number of carbonyl (C=O) groups is 1. The standard InChI is InChI=1S/C15H11F3N2O3S2/c16-15(17,18)13-7-12(3-2-11(13)8-19)25(22,23)20-14(21)4-1-10-5-6-24-9-10/h2-3,5-7,9H,1,4H2,(H,20,21). The van der Waals surface area contributed by atoms with Crippen molar-refractivity contribution >= 4 is 27.3 Å². The third-order valence-electron chi connectivity index (χ3n) is 3.20. The van der Waals surface area contributed by atoms with Crippen LogP contribution in [0.5, 0.6) is 0 Å². The molecular weight excluding hydrogens is 377 g/mol. The molecule has 1 amide bonds. The molecule has 0 spiro atoms. The predicted octanol–water partition coefficient (Wildman–Crippen LogP) is 3.08. The molecule has 2 rings (SSSR count). The van der Waals surface area contributed by atoms with Crippen LogP contribution in [0.15, 0.2) is 39.9 Å². The molecule has 0 saturated heterocycles. The lowest BCUT2D eigenvalue weighted by Gasteiger charge is -2.12. The zero-order chi connectivity index (χ0) is 18.7. The van der Waals surface area contributed by atoms with Gasteiger partial charge in [-0.1, -0.05) is 0 Å².